The predicted octanol–water partition coefficient (Wildman–Crippen LogP) is 4.82. The molecule has 0 aliphatic carbocycles. The Morgan fingerprint density at radius 2 is 1.50 bits per heavy atom. The van der Waals surface area contributed by atoms with E-state index in [1.54, 1.807) is 12.4 Å². The highest BCUT2D eigenvalue weighted by atomic mass is 16.4. The summed E-state index contributed by atoms with van der Waals surface area (Å²) in [6.07, 6.45) is 27.7. The molecule has 0 amide bonds. The lowest BCUT2D eigenvalue weighted by Crippen LogP contribution is -2.54. The van der Waals surface area contributed by atoms with Crippen molar-refractivity contribution in [2.75, 3.05) is 19.6 Å². The molecule has 2 N–H and O–H groups in total. The van der Waals surface area contributed by atoms with E-state index in [4.69, 9.17) is 5.73 Å². The fourth-order valence-electron chi connectivity index (χ4n) is 4.13. The number of hydrogen-bond donors (Lipinski definition) is 1. The molecule has 0 saturated heterocycles. The van der Waals surface area contributed by atoms with Crippen LogP contribution in [0.4, 0.5) is 0 Å². The molecule has 1 heterocycles. The third kappa shape index (κ3) is 11.7. The fourth-order valence-corrected chi connectivity index (χ4v) is 4.13. The van der Waals surface area contributed by atoms with Crippen molar-refractivity contribution in [2.24, 2.45) is 10.7 Å². The molecule has 0 aromatic carbocycles. The van der Waals surface area contributed by atoms with Crippen LogP contribution >= 0.6 is 0 Å². The number of quaternary nitrogens is 1. The van der Waals surface area contributed by atoms with Crippen LogP contribution in [0.3, 0.4) is 0 Å². The Balaban J connectivity index is 2.02. The maximum atomic E-state index is 11.1. The van der Waals surface area contributed by atoms with Gasteiger partial charge in [0.2, 0.25) is 5.84 Å². The molecule has 0 spiro atoms. The minimum Gasteiger partial charge on any atom is -0.544 e. The average molecular weight is 420 g/mol. The van der Waals surface area contributed by atoms with E-state index in [2.05, 4.69) is 18.0 Å². The van der Waals surface area contributed by atoms with Crippen LogP contribution in [0.1, 0.15) is 103 Å². The van der Waals surface area contributed by atoms with Crippen LogP contribution in [0.2, 0.25) is 0 Å². The lowest BCUT2D eigenvalue weighted by molar-refractivity contribution is -0.778. The number of carbonyl (C=O) groups excluding carboxylic acids is 1. The van der Waals surface area contributed by atoms with Crippen LogP contribution in [0.25, 0.3) is 0 Å². The summed E-state index contributed by atoms with van der Waals surface area (Å²) >= 11 is 0. The molecule has 30 heavy (non-hydrogen) atoms. The van der Waals surface area contributed by atoms with Crippen molar-refractivity contribution < 1.29 is 14.4 Å². The summed E-state index contributed by atoms with van der Waals surface area (Å²) in [6.45, 7) is 3.08. The van der Waals surface area contributed by atoms with Crippen molar-refractivity contribution >= 4 is 11.8 Å². The van der Waals surface area contributed by atoms with Gasteiger partial charge in [-0.05, 0) is 12.8 Å². The quantitative estimate of drug-likeness (QED) is 0.227. The summed E-state index contributed by atoms with van der Waals surface area (Å²) in [7, 11) is 0. The van der Waals surface area contributed by atoms with Crippen LogP contribution in [0, 0.1) is 0 Å². The molecule has 0 radical (unpaired) electrons. The summed E-state index contributed by atoms with van der Waals surface area (Å²) in [5, 5.41) is 11.1. The second-order valence-corrected chi connectivity index (χ2v) is 8.65. The molecule has 1 unspecified atom stereocenters. The largest absolute Gasteiger partial charge is 0.544 e. The van der Waals surface area contributed by atoms with E-state index in [1.165, 1.54) is 89.9 Å². The Morgan fingerprint density at radius 3 is 2.00 bits per heavy atom. The van der Waals surface area contributed by atoms with Crippen molar-refractivity contribution in [3.05, 3.63) is 24.6 Å². The number of hydrogen-bond acceptors (Lipinski definition) is 4. The van der Waals surface area contributed by atoms with Crippen LogP contribution in [-0.4, -0.2) is 35.9 Å². The van der Waals surface area contributed by atoms with Gasteiger partial charge < -0.3 is 15.6 Å². The Hall–Kier alpha value is -1.46. The summed E-state index contributed by atoms with van der Waals surface area (Å²) in [4.78, 5) is 15.5. The number of aliphatic carboxylic acids is 1. The average Bonchev–Trinajstić information content (AvgIpc) is 3.09. The van der Waals surface area contributed by atoms with E-state index >= 15 is 0 Å². The molecule has 1 aliphatic heterocycles. The van der Waals surface area contributed by atoms with Gasteiger partial charge in [0.25, 0.3) is 0 Å². The summed E-state index contributed by atoms with van der Waals surface area (Å²) in [5.74, 6) is -0.335. The number of amidine groups is 1. The van der Waals surface area contributed by atoms with Crippen molar-refractivity contribution in [2.45, 2.75) is 103 Å². The highest BCUT2D eigenvalue weighted by Gasteiger charge is 2.33. The molecular weight excluding hydrogens is 374 g/mol. The maximum absolute atomic E-state index is 11.1. The van der Waals surface area contributed by atoms with Gasteiger partial charge in [0.15, 0.2) is 0 Å². The zero-order chi connectivity index (χ0) is 21.9. The van der Waals surface area contributed by atoms with Crippen LogP contribution in [0.15, 0.2) is 29.5 Å². The second-order valence-electron chi connectivity index (χ2n) is 8.65. The smallest absolute Gasteiger partial charge is 0.232 e. The van der Waals surface area contributed by atoms with Gasteiger partial charge in [0, 0.05) is 12.6 Å². The summed E-state index contributed by atoms with van der Waals surface area (Å²) in [6, 6.07) is 0. The van der Waals surface area contributed by atoms with Gasteiger partial charge in [-0.2, -0.15) is 4.99 Å². The van der Waals surface area contributed by atoms with E-state index in [1.807, 2.05) is 6.08 Å². The minimum absolute atomic E-state index is 0.115. The number of rotatable bonds is 20. The third-order valence-corrected chi connectivity index (χ3v) is 5.95. The van der Waals surface area contributed by atoms with E-state index in [9.17, 15) is 9.90 Å². The van der Waals surface area contributed by atoms with E-state index < -0.39 is 5.97 Å². The number of unbranched alkanes of at least 4 members (excludes halogenated alkanes) is 14. The van der Waals surface area contributed by atoms with Crippen LogP contribution in [0.5, 0.6) is 0 Å². The number of nitrogens with zero attached hydrogens (tertiary/aromatic N) is 2. The molecule has 0 saturated carbocycles. The van der Waals surface area contributed by atoms with Crippen LogP contribution < -0.4 is 10.8 Å². The molecular formula is C25H45N3O2. The lowest BCUT2D eigenvalue weighted by atomic mass is 10.0. The molecule has 5 nitrogen and oxygen atoms in total. The molecule has 0 aromatic rings. The third-order valence-electron chi connectivity index (χ3n) is 5.95. The standard InChI is InChI=1S/C25H45N3O2/c1-2-3-4-5-6-7-8-9-10-11-12-13-14-15-16-17-18-24-27-20-22-28(24,21-19-26)23-25(29)30/h17-18,20,22H,2-16,19,21,23,26H2,1H3/b18-17+. The van der Waals surface area contributed by atoms with E-state index in [-0.39, 0.29) is 11.0 Å². The normalized spacial score (nSPS) is 18.4. The lowest BCUT2D eigenvalue weighted by Gasteiger charge is -2.31. The van der Waals surface area contributed by atoms with Crippen molar-refractivity contribution in [1.29, 1.82) is 0 Å². The number of nitrogens with two attached hydrogens (primary N) is 1. The van der Waals surface area contributed by atoms with Gasteiger partial charge in [-0.1, -0.05) is 96.5 Å². The Kier molecular flexibility index (Phi) is 15.3. The first-order chi connectivity index (χ1) is 14.6. The first kappa shape index (κ1) is 26.6. The zero-order valence-electron chi connectivity index (χ0n) is 19.3. The van der Waals surface area contributed by atoms with Gasteiger partial charge in [0.05, 0.1) is 12.2 Å². The first-order valence-electron chi connectivity index (χ1n) is 12.3. The van der Waals surface area contributed by atoms with Crippen LogP contribution in [-0.2, 0) is 4.79 Å². The zero-order valence-corrected chi connectivity index (χ0v) is 19.3. The number of allylic oxidation sites excluding steroid dienone is 1. The first-order valence-corrected chi connectivity index (χ1v) is 12.3. The highest BCUT2D eigenvalue weighted by Crippen LogP contribution is 2.18. The molecule has 0 aromatic heterocycles. The van der Waals surface area contributed by atoms with Gasteiger partial charge in [-0.3, -0.25) is 0 Å². The van der Waals surface area contributed by atoms with E-state index in [0.29, 0.717) is 13.1 Å². The number of carboxylic acid groups (broad SMARTS) is 1. The van der Waals surface area contributed by atoms with Gasteiger partial charge in [-0.25, -0.2) is 4.48 Å². The predicted molar refractivity (Wildman–Crippen MR) is 125 cm³/mol. The maximum Gasteiger partial charge on any atom is 0.232 e. The molecule has 5 heteroatoms. The molecule has 172 valence electrons. The summed E-state index contributed by atoms with van der Waals surface area (Å²) in [5.41, 5.74) is 5.68. The van der Waals surface area contributed by atoms with E-state index in [0.717, 1.165) is 12.3 Å². The highest BCUT2D eigenvalue weighted by molar-refractivity contribution is 5.90. The Bertz CT molecular complexity index is 543. The Labute approximate surface area is 184 Å². The molecule has 1 atom stereocenters. The van der Waals surface area contributed by atoms with Gasteiger partial charge in [-0.15, -0.1) is 0 Å². The SMILES string of the molecule is CCCCCCCCCCCCCCCC/C=C/C1=NC=C[N+]1(CCN)CC(=O)[O-]. The molecule has 1 aliphatic rings. The topological polar surface area (TPSA) is 78.5 Å². The minimum atomic E-state index is -1.08. The molecule has 0 fully saturated rings. The number of aliphatic imine (C=N–C) groups is 1. The molecule has 0 bridgehead atoms. The monoisotopic (exact) mass is 419 g/mol. The second kappa shape index (κ2) is 17.2. The number of carboxylic acids is 1. The number of carbonyl (C=O) groups is 1. The van der Waals surface area contributed by atoms with Crippen molar-refractivity contribution in [3.8, 4) is 0 Å². The fraction of sp³-hybridized carbons (Fsp3) is 0.760. The van der Waals surface area contributed by atoms with Gasteiger partial charge in [0.1, 0.15) is 19.3 Å². The van der Waals surface area contributed by atoms with Crippen molar-refractivity contribution in [1.82, 2.24) is 0 Å². The van der Waals surface area contributed by atoms with Crippen molar-refractivity contribution in [3.63, 3.8) is 0 Å². The molecule has 1 rings (SSSR count). The Morgan fingerprint density at radius 1 is 0.967 bits per heavy atom. The van der Waals surface area contributed by atoms with Gasteiger partial charge >= 0.3 is 0 Å². The summed E-state index contributed by atoms with van der Waals surface area (Å²) < 4.78 is 0.161.